The lowest BCUT2D eigenvalue weighted by atomic mass is 10.1. The van der Waals surface area contributed by atoms with Crippen LogP contribution in [0.3, 0.4) is 0 Å². The van der Waals surface area contributed by atoms with Crippen molar-refractivity contribution in [3.05, 3.63) is 36.4 Å². The van der Waals surface area contributed by atoms with Crippen LogP contribution in [0.2, 0.25) is 0 Å². The van der Waals surface area contributed by atoms with E-state index in [4.69, 9.17) is 0 Å². The molecule has 15 heavy (non-hydrogen) atoms. The van der Waals surface area contributed by atoms with E-state index in [2.05, 4.69) is 30.9 Å². The molecule has 0 radical (unpaired) electrons. The molecule has 0 aliphatic rings. The zero-order valence-electron chi connectivity index (χ0n) is 9.57. The van der Waals surface area contributed by atoms with Gasteiger partial charge in [-0.15, -0.1) is 0 Å². The zero-order valence-corrected chi connectivity index (χ0v) is 10.5. The number of rotatable bonds is 3. The fraction of sp³-hybridized carbons (Fsp3) is 0.250. The first-order chi connectivity index (χ1) is 7.15. The Hall–Kier alpha value is -1.22. The van der Waals surface area contributed by atoms with Crippen molar-refractivity contribution in [2.75, 3.05) is 20.4 Å². The molecule has 0 aliphatic carbocycles. The molecule has 82 valence electrons. The topological polar surface area (TPSA) is 15.6 Å². The molecule has 0 fully saturated rings. The predicted octanol–water partition coefficient (Wildman–Crippen LogP) is 3.10. The van der Waals surface area contributed by atoms with E-state index in [1.165, 1.54) is 0 Å². The quantitative estimate of drug-likeness (QED) is 0.613. The van der Waals surface area contributed by atoms with Crippen molar-refractivity contribution in [2.45, 2.75) is 0 Å². The maximum atomic E-state index is 3.96. The molecule has 1 rings (SSSR count). The Morgan fingerprint density at radius 3 is 2.00 bits per heavy atom. The van der Waals surface area contributed by atoms with Gasteiger partial charge in [0.2, 0.25) is 0 Å². The van der Waals surface area contributed by atoms with Crippen LogP contribution in [-0.4, -0.2) is 32.0 Å². The number of hydrogen-bond donors (Lipinski definition) is 1. The highest BCUT2D eigenvalue weighted by atomic mass is 32.1. The van der Waals surface area contributed by atoms with Crippen LogP contribution in [0.25, 0.3) is 5.70 Å². The molecule has 0 unspecified atom stereocenters. The van der Waals surface area contributed by atoms with Gasteiger partial charge in [-0.05, 0) is 30.7 Å². The van der Waals surface area contributed by atoms with Gasteiger partial charge in [-0.1, -0.05) is 18.7 Å². The van der Waals surface area contributed by atoms with Gasteiger partial charge in [0.15, 0.2) is 0 Å². The van der Waals surface area contributed by atoms with E-state index >= 15 is 0 Å². The molecule has 0 aliphatic heterocycles. The third-order valence-corrected chi connectivity index (χ3v) is 1.92. The number of thiol groups is 1. The highest BCUT2D eigenvalue weighted by Crippen LogP contribution is 2.18. The van der Waals surface area contributed by atoms with Crippen LogP contribution < -0.4 is 0 Å². The largest absolute Gasteiger partial charge is 0.378 e. The van der Waals surface area contributed by atoms with Gasteiger partial charge in [-0.2, -0.15) is 12.6 Å². The lowest BCUT2D eigenvalue weighted by Gasteiger charge is -2.15. The van der Waals surface area contributed by atoms with E-state index in [9.17, 15) is 0 Å². The molecule has 0 atom stereocenters. The molecule has 0 amide bonds. The molecule has 1 aromatic rings. The third kappa shape index (κ3) is 4.21. The Morgan fingerprint density at radius 1 is 1.20 bits per heavy atom. The molecule has 3 heteroatoms. The summed E-state index contributed by atoms with van der Waals surface area (Å²) in [5.41, 5.74) is 2.99. The predicted molar refractivity (Wildman–Crippen MR) is 73.3 cm³/mol. The minimum atomic E-state index is 0.885. The summed E-state index contributed by atoms with van der Waals surface area (Å²) < 4.78 is 0. The molecule has 0 saturated carbocycles. The lowest BCUT2D eigenvalue weighted by molar-refractivity contribution is 0.593. The summed E-state index contributed by atoms with van der Waals surface area (Å²) in [7, 11) is 3.95. The summed E-state index contributed by atoms with van der Waals surface area (Å²) in [6.07, 6.45) is 1.69. The number of benzene rings is 1. The van der Waals surface area contributed by atoms with Crippen molar-refractivity contribution in [3.63, 3.8) is 0 Å². The summed E-state index contributed by atoms with van der Waals surface area (Å²) in [5.74, 6) is 0. The molecule has 0 heterocycles. The van der Waals surface area contributed by atoms with E-state index in [-0.39, 0.29) is 0 Å². The Balaban J connectivity index is 0.000000921. The number of aliphatic imine (C=N–C) groups is 1. The lowest BCUT2D eigenvalue weighted by Crippen LogP contribution is -2.08. The Labute approximate surface area is 97.7 Å². The maximum Gasteiger partial charge on any atom is 0.0622 e. The molecule has 0 N–H and O–H groups in total. The van der Waals surface area contributed by atoms with Crippen molar-refractivity contribution in [3.8, 4) is 0 Å². The van der Waals surface area contributed by atoms with E-state index in [0.29, 0.717) is 0 Å². The minimum Gasteiger partial charge on any atom is -0.378 e. The van der Waals surface area contributed by atoms with Crippen LogP contribution in [0.1, 0.15) is 5.56 Å². The summed E-state index contributed by atoms with van der Waals surface area (Å²) in [5, 5.41) is 0. The van der Waals surface area contributed by atoms with E-state index in [1.54, 1.807) is 6.26 Å². The number of nitrogens with zero attached hydrogens (tertiary/aromatic N) is 2. The highest BCUT2D eigenvalue weighted by Gasteiger charge is 1.99. The zero-order chi connectivity index (χ0) is 11.8. The Morgan fingerprint density at radius 2 is 1.67 bits per heavy atom. The van der Waals surface area contributed by atoms with E-state index in [1.807, 2.05) is 43.3 Å². The molecular weight excluding hydrogens is 204 g/mol. The number of hydrogen-bond acceptors (Lipinski definition) is 3. The molecule has 0 saturated heterocycles. The monoisotopic (exact) mass is 222 g/mol. The standard InChI is InChI=1S/C11H14N2.CH4S/c1-9(13(3)4)10-5-7-11(12-2)8-6-10;1-2/h5-8H,1-2H2,3-4H3;2H,1H3. The van der Waals surface area contributed by atoms with Crippen molar-refractivity contribution in [1.82, 2.24) is 4.90 Å². The minimum absolute atomic E-state index is 0.885. The van der Waals surface area contributed by atoms with Gasteiger partial charge in [0, 0.05) is 19.8 Å². The molecule has 2 nitrogen and oxygen atoms in total. The first kappa shape index (κ1) is 13.8. The molecule has 0 bridgehead atoms. The van der Waals surface area contributed by atoms with Crippen molar-refractivity contribution in [1.29, 1.82) is 0 Å². The van der Waals surface area contributed by atoms with E-state index < -0.39 is 0 Å². The highest BCUT2D eigenvalue weighted by molar-refractivity contribution is 7.79. The smallest absolute Gasteiger partial charge is 0.0622 e. The van der Waals surface area contributed by atoms with Gasteiger partial charge in [-0.3, -0.25) is 4.99 Å². The van der Waals surface area contributed by atoms with Crippen LogP contribution in [0.15, 0.2) is 35.8 Å². The van der Waals surface area contributed by atoms with Crippen molar-refractivity contribution >= 4 is 30.7 Å². The molecule has 0 aromatic heterocycles. The second-order valence-corrected chi connectivity index (χ2v) is 3.05. The summed E-state index contributed by atoms with van der Waals surface area (Å²) in [6, 6.07) is 7.84. The van der Waals surface area contributed by atoms with Crippen LogP contribution in [0.5, 0.6) is 0 Å². The van der Waals surface area contributed by atoms with Crippen molar-refractivity contribution < 1.29 is 0 Å². The fourth-order valence-electron chi connectivity index (χ4n) is 1.02. The molecular formula is C12H18N2S. The third-order valence-electron chi connectivity index (χ3n) is 1.92. The normalized spacial score (nSPS) is 8.53. The summed E-state index contributed by atoms with van der Waals surface area (Å²) >= 11 is 3.53. The Kier molecular flexibility index (Phi) is 6.54. The first-order valence-corrected chi connectivity index (χ1v) is 5.42. The van der Waals surface area contributed by atoms with Gasteiger partial charge in [0.05, 0.1) is 5.69 Å². The first-order valence-electron chi connectivity index (χ1n) is 4.53. The van der Waals surface area contributed by atoms with Crippen LogP contribution in [-0.2, 0) is 0 Å². The average molecular weight is 222 g/mol. The van der Waals surface area contributed by atoms with Gasteiger partial charge in [0.1, 0.15) is 0 Å². The van der Waals surface area contributed by atoms with Gasteiger partial charge in [-0.25, -0.2) is 0 Å². The van der Waals surface area contributed by atoms with Crippen LogP contribution in [0, 0.1) is 0 Å². The second kappa shape index (κ2) is 7.12. The van der Waals surface area contributed by atoms with Gasteiger partial charge < -0.3 is 4.90 Å². The molecule has 0 spiro atoms. The van der Waals surface area contributed by atoms with Gasteiger partial charge >= 0.3 is 0 Å². The molecule has 1 aromatic carbocycles. The maximum absolute atomic E-state index is 3.96. The summed E-state index contributed by atoms with van der Waals surface area (Å²) in [4.78, 5) is 5.81. The average Bonchev–Trinajstić information content (AvgIpc) is 2.31. The van der Waals surface area contributed by atoms with Crippen LogP contribution in [0.4, 0.5) is 5.69 Å². The van der Waals surface area contributed by atoms with E-state index in [0.717, 1.165) is 16.9 Å². The van der Waals surface area contributed by atoms with Gasteiger partial charge in [0.25, 0.3) is 0 Å². The summed E-state index contributed by atoms with van der Waals surface area (Å²) in [6.45, 7) is 7.42. The van der Waals surface area contributed by atoms with Crippen LogP contribution >= 0.6 is 12.6 Å². The second-order valence-electron chi connectivity index (χ2n) is 3.05. The van der Waals surface area contributed by atoms with Crippen molar-refractivity contribution in [2.24, 2.45) is 4.99 Å². The fourth-order valence-corrected chi connectivity index (χ4v) is 1.02. The Bertz CT molecular complexity index is 315. The SMILES string of the molecule is C=Nc1ccc(C(=C)N(C)C)cc1.CS.